The summed E-state index contributed by atoms with van der Waals surface area (Å²) in [6.45, 7) is 1.75. The number of halogens is 1. The van der Waals surface area contributed by atoms with Gasteiger partial charge in [-0.05, 0) is 47.1 Å². The van der Waals surface area contributed by atoms with E-state index in [2.05, 4.69) is 15.9 Å². The van der Waals surface area contributed by atoms with E-state index in [-0.39, 0.29) is 5.91 Å². The highest BCUT2D eigenvalue weighted by atomic mass is 79.9. The van der Waals surface area contributed by atoms with Crippen LogP contribution in [0.15, 0.2) is 59.1 Å². The van der Waals surface area contributed by atoms with Gasteiger partial charge in [0.2, 0.25) is 0 Å². The second-order valence-corrected chi connectivity index (χ2v) is 5.28. The third kappa shape index (κ3) is 3.39. The number of anilines is 1. The molecular weight excluding hydrogens is 318 g/mol. The molecule has 1 amide bonds. The largest absolute Gasteiger partial charge is 0.480 e. The average molecular weight is 334 g/mol. The number of benzene rings is 2. The molecule has 104 valence electrons. The Morgan fingerprint density at radius 3 is 2.35 bits per heavy atom. The molecule has 0 saturated heterocycles. The van der Waals surface area contributed by atoms with Gasteiger partial charge in [-0.1, -0.05) is 30.3 Å². The second-order valence-electron chi connectivity index (χ2n) is 4.42. The minimum Gasteiger partial charge on any atom is -0.480 e. The molecule has 0 spiro atoms. The molecule has 2 aromatic carbocycles. The summed E-state index contributed by atoms with van der Waals surface area (Å²) in [5.74, 6) is 0.571. The Morgan fingerprint density at radius 1 is 1.10 bits per heavy atom. The summed E-state index contributed by atoms with van der Waals surface area (Å²) < 4.78 is 6.55. The zero-order valence-corrected chi connectivity index (χ0v) is 13.0. The average Bonchev–Trinajstić information content (AvgIpc) is 2.49. The van der Waals surface area contributed by atoms with Crippen molar-refractivity contribution >= 4 is 27.5 Å². The van der Waals surface area contributed by atoms with Crippen LogP contribution in [0.1, 0.15) is 6.92 Å². The van der Waals surface area contributed by atoms with Crippen LogP contribution < -0.4 is 9.64 Å². The summed E-state index contributed by atoms with van der Waals surface area (Å²) in [6, 6.07) is 17.0. The number of likely N-dealkylation sites (N-methyl/N-ethyl adjacent to an activating group) is 1. The van der Waals surface area contributed by atoms with Gasteiger partial charge >= 0.3 is 0 Å². The first-order chi connectivity index (χ1) is 9.59. The third-order valence-electron chi connectivity index (χ3n) is 2.96. The van der Waals surface area contributed by atoms with Gasteiger partial charge in [0, 0.05) is 12.7 Å². The van der Waals surface area contributed by atoms with Crippen LogP contribution in [0.3, 0.4) is 0 Å². The van der Waals surface area contributed by atoms with Gasteiger partial charge in [-0.25, -0.2) is 0 Å². The molecule has 0 heterocycles. The number of rotatable bonds is 4. The topological polar surface area (TPSA) is 29.5 Å². The standard InChI is InChI=1S/C16H16BrNO2/c1-12(20-15-11-7-6-10-14(15)17)16(19)18(2)13-8-4-3-5-9-13/h3-12H,1-2H3. The van der Waals surface area contributed by atoms with E-state index in [9.17, 15) is 4.79 Å². The Kier molecular flexibility index (Phi) is 4.79. The highest BCUT2D eigenvalue weighted by Crippen LogP contribution is 2.25. The van der Waals surface area contributed by atoms with E-state index in [0.717, 1.165) is 10.2 Å². The fraction of sp³-hybridized carbons (Fsp3) is 0.188. The molecule has 2 rings (SSSR count). The fourth-order valence-corrected chi connectivity index (χ4v) is 2.21. The summed E-state index contributed by atoms with van der Waals surface area (Å²) in [4.78, 5) is 13.9. The molecule has 0 fully saturated rings. The quantitative estimate of drug-likeness (QED) is 0.849. The van der Waals surface area contributed by atoms with Gasteiger partial charge in [0.1, 0.15) is 5.75 Å². The molecule has 0 saturated carbocycles. The van der Waals surface area contributed by atoms with Gasteiger partial charge < -0.3 is 9.64 Å². The van der Waals surface area contributed by atoms with E-state index < -0.39 is 6.10 Å². The molecule has 0 aliphatic carbocycles. The van der Waals surface area contributed by atoms with Crippen molar-refractivity contribution in [1.29, 1.82) is 0 Å². The Bertz CT molecular complexity index is 586. The lowest BCUT2D eigenvalue weighted by atomic mass is 10.2. The monoisotopic (exact) mass is 333 g/mol. The van der Waals surface area contributed by atoms with E-state index in [1.165, 1.54) is 0 Å². The lowest BCUT2D eigenvalue weighted by Crippen LogP contribution is -2.38. The number of hydrogen-bond acceptors (Lipinski definition) is 2. The van der Waals surface area contributed by atoms with Crippen LogP contribution in [0.25, 0.3) is 0 Å². The molecule has 20 heavy (non-hydrogen) atoms. The molecule has 0 bridgehead atoms. The van der Waals surface area contributed by atoms with Crippen molar-refractivity contribution in [3.63, 3.8) is 0 Å². The predicted molar refractivity (Wildman–Crippen MR) is 84.1 cm³/mol. The van der Waals surface area contributed by atoms with E-state index >= 15 is 0 Å². The molecule has 0 aromatic heterocycles. The van der Waals surface area contributed by atoms with Crippen molar-refractivity contribution in [1.82, 2.24) is 0 Å². The second kappa shape index (κ2) is 6.57. The summed E-state index contributed by atoms with van der Waals surface area (Å²) in [5, 5.41) is 0. The maximum absolute atomic E-state index is 12.3. The SMILES string of the molecule is CC(Oc1ccccc1Br)C(=O)N(C)c1ccccc1. The maximum Gasteiger partial charge on any atom is 0.267 e. The Balaban J connectivity index is 2.08. The van der Waals surface area contributed by atoms with Crippen LogP contribution in [-0.4, -0.2) is 19.1 Å². The van der Waals surface area contributed by atoms with E-state index in [4.69, 9.17) is 4.74 Å². The van der Waals surface area contributed by atoms with Crippen molar-refractivity contribution in [2.24, 2.45) is 0 Å². The molecule has 0 radical (unpaired) electrons. The summed E-state index contributed by atoms with van der Waals surface area (Å²) in [7, 11) is 1.75. The van der Waals surface area contributed by atoms with Crippen LogP contribution in [0.5, 0.6) is 5.75 Å². The van der Waals surface area contributed by atoms with Gasteiger partial charge in [0.25, 0.3) is 5.91 Å². The highest BCUT2D eigenvalue weighted by molar-refractivity contribution is 9.10. The fourth-order valence-electron chi connectivity index (χ4n) is 1.83. The lowest BCUT2D eigenvalue weighted by molar-refractivity contribution is -0.124. The van der Waals surface area contributed by atoms with Crippen molar-refractivity contribution in [3.05, 3.63) is 59.1 Å². The Hall–Kier alpha value is -1.81. The number of nitrogens with zero attached hydrogens (tertiary/aromatic N) is 1. The lowest BCUT2D eigenvalue weighted by Gasteiger charge is -2.22. The zero-order chi connectivity index (χ0) is 14.5. The molecule has 1 atom stereocenters. The van der Waals surface area contributed by atoms with Crippen LogP contribution in [0.2, 0.25) is 0 Å². The van der Waals surface area contributed by atoms with Gasteiger partial charge in [0.15, 0.2) is 6.10 Å². The number of hydrogen-bond donors (Lipinski definition) is 0. The van der Waals surface area contributed by atoms with Crippen molar-refractivity contribution in [3.8, 4) is 5.75 Å². The molecule has 2 aromatic rings. The molecule has 0 aliphatic heterocycles. The van der Waals surface area contributed by atoms with Gasteiger partial charge in [-0.15, -0.1) is 0 Å². The minimum absolute atomic E-state index is 0.0908. The Morgan fingerprint density at radius 2 is 1.70 bits per heavy atom. The van der Waals surface area contributed by atoms with Crippen LogP contribution in [0, 0.1) is 0 Å². The van der Waals surface area contributed by atoms with Gasteiger partial charge in [-0.2, -0.15) is 0 Å². The first-order valence-corrected chi connectivity index (χ1v) is 7.12. The van der Waals surface area contributed by atoms with Gasteiger partial charge in [-0.3, -0.25) is 4.79 Å². The summed E-state index contributed by atoms with van der Waals surface area (Å²) in [6.07, 6.45) is -0.557. The Labute approximate surface area is 127 Å². The minimum atomic E-state index is -0.557. The van der Waals surface area contributed by atoms with Crippen molar-refractivity contribution in [2.45, 2.75) is 13.0 Å². The highest BCUT2D eigenvalue weighted by Gasteiger charge is 2.20. The van der Waals surface area contributed by atoms with Gasteiger partial charge in [0.05, 0.1) is 4.47 Å². The number of ether oxygens (including phenoxy) is 1. The first kappa shape index (κ1) is 14.6. The molecule has 1 unspecified atom stereocenters. The number of amides is 1. The van der Waals surface area contributed by atoms with E-state index in [1.807, 2.05) is 54.6 Å². The summed E-state index contributed by atoms with van der Waals surface area (Å²) in [5.41, 5.74) is 0.847. The van der Waals surface area contributed by atoms with Crippen LogP contribution >= 0.6 is 15.9 Å². The van der Waals surface area contributed by atoms with Crippen LogP contribution in [0.4, 0.5) is 5.69 Å². The van der Waals surface area contributed by atoms with Crippen molar-refractivity contribution < 1.29 is 9.53 Å². The molecule has 0 aliphatic rings. The molecular formula is C16H16BrNO2. The normalized spacial score (nSPS) is 11.8. The molecule has 3 nitrogen and oxygen atoms in total. The van der Waals surface area contributed by atoms with E-state index in [1.54, 1.807) is 18.9 Å². The zero-order valence-electron chi connectivity index (χ0n) is 11.4. The molecule has 0 N–H and O–H groups in total. The summed E-state index contributed by atoms with van der Waals surface area (Å²) >= 11 is 3.41. The van der Waals surface area contributed by atoms with Crippen LogP contribution in [-0.2, 0) is 4.79 Å². The third-order valence-corrected chi connectivity index (χ3v) is 3.62. The molecule has 4 heteroatoms. The predicted octanol–water partition coefficient (Wildman–Crippen LogP) is 3.88. The number of carbonyl (C=O) groups excluding carboxylic acids is 1. The first-order valence-electron chi connectivity index (χ1n) is 6.33. The van der Waals surface area contributed by atoms with E-state index in [0.29, 0.717) is 5.75 Å². The number of carbonyl (C=O) groups is 1. The maximum atomic E-state index is 12.3. The number of para-hydroxylation sites is 2. The smallest absolute Gasteiger partial charge is 0.267 e. The van der Waals surface area contributed by atoms with Crippen molar-refractivity contribution in [2.75, 3.05) is 11.9 Å².